The van der Waals surface area contributed by atoms with E-state index >= 15 is 0 Å². The van der Waals surface area contributed by atoms with Gasteiger partial charge in [0.2, 0.25) is 0 Å². The van der Waals surface area contributed by atoms with Crippen molar-refractivity contribution in [2.75, 3.05) is 0 Å². The van der Waals surface area contributed by atoms with E-state index in [1.54, 1.807) is 31.2 Å². The number of nitrogens with zero attached hydrogens (tertiary/aromatic N) is 3. The maximum absolute atomic E-state index is 12.5. The Morgan fingerprint density at radius 2 is 1.72 bits per heavy atom. The van der Waals surface area contributed by atoms with Crippen molar-refractivity contribution in [2.45, 2.75) is 17.6 Å². The van der Waals surface area contributed by atoms with Crippen LogP contribution in [0.1, 0.15) is 5.69 Å². The van der Waals surface area contributed by atoms with E-state index in [1.807, 2.05) is 18.2 Å². The Bertz CT molecular complexity index is 934. The van der Waals surface area contributed by atoms with Gasteiger partial charge in [-0.3, -0.25) is 9.89 Å². The van der Waals surface area contributed by atoms with Gasteiger partial charge in [-0.05, 0) is 43.3 Å². The van der Waals surface area contributed by atoms with Gasteiger partial charge in [0.05, 0.1) is 17.1 Å². The quantitative estimate of drug-likeness (QED) is 0.502. The van der Waals surface area contributed by atoms with Crippen LogP contribution >= 0.6 is 11.8 Å². The summed E-state index contributed by atoms with van der Waals surface area (Å²) in [5.74, 6) is -2.47. The number of H-pyrrole nitrogens is 1. The lowest BCUT2D eigenvalue weighted by Gasteiger charge is -1.99. The first-order valence-electron chi connectivity index (χ1n) is 7.38. The second kappa shape index (κ2) is 7.43. The van der Waals surface area contributed by atoms with Gasteiger partial charge in [0.1, 0.15) is 0 Å². The van der Waals surface area contributed by atoms with E-state index in [1.165, 1.54) is 16.8 Å². The minimum absolute atomic E-state index is 0.204. The van der Waals surface area contributed by atoms with Crippen LogP contribution in [0.25, 0.3) is 5.69 Å². The van der Waals surface area contributed by atoms with Crippen molar-refractivity contribution < 1.29 is 8.78 Å². The van der Waals surface area contributed by atoms with Crippen LogP contribution in [-0.2, 0) is 0 Å². The summed E-state index contributed by atoms with van der Waals surface area (Å²) in [5.41, 5.74) is 1.66. The van der Waals surface area contributed by atoms with Gasteiger partial charge in [-0.1, -0.05) is 30.0 Å². The van der Waals surface area contributed by atoms with E-state index in [-0.39, 0.29) is 11.2 Å². The number of nitrogens with one attached hydrogen (secondary N) is 1. The molecular formula is C17H14F2N4OS. The lowest BCUT2D eigenvalue weighted by molar-refractivity contribution is 0.252. The normalized spacial score (nSPS) is 11.5. The molecule has 8 heteroatoms. The molecule has 0 saturated carbocycles. The molecule has 0 fully saturated rings. The van der Waals surface area contributed by atoms with Crippen LogP contribution in [0.4, 0.5) is 20.2 Å². The first-order valence-corrected chi connectivity index (χ1v) is 8.26. The average molecular weight is 360 g/mol. The number of rotatable bonds is 5. The van der Waals surface area contributed by atoms with E-state index in [4.69, 9.17) is 0 Å². The molecule has 1 heterocycles. The highest BCUT2D eigenvalue weighted by atomic mass is 32.2. The fourth-order valence-corrected chi connectivity index (χ4v) is 2.72. The molecule has 2 aromatic carbocycles. The summed E-state index contributed by atoms with van der Waals surface area (Å²) in [7, 11) is 0. The third-order valence-corrected chi connectivity index (χ3v) is 4.10. The fraction of sp³-hybridized carbons (Fsp3) is 0.118. The van der Waals surface area contributed by atoms with Gasteiger partial charge in [0, 0.05) is 4.90 Å². The number of alkyl halides is 2. The highest BCUT2D eigenvalue weighted by Gasteiger charge is 2.11. The van der Waals surface area contributed by atoms with E-state index < -0.39 is 5.76 Å². The Morgan fingerprint density at radius 1 is 1.04 bits per heavy atom. The van der Waals surface area contributed by atoms with Crippen LogP contribution < -0.4 is 5.56 Å². The summed E-state index contributed by atoms with van der Waals surface area (Å²) in [6.07, 6.45) is 0. The van der Waals surface area contributed by atoms with Crippen LogP contribution in [0.15, 0.2) is 74.5 Å². The first kappa shape index (κ1) is 17.1. The van der Waals surface area contributed by atoms with Crippen LogP contribution in [-0.4, -0.2) is 15.5 Å². The number of aromatic amines is 1. The zero-order valence-corrected chi connectivity index (χ0v) is 14.0. The van der Waals surface area contributed by atoms with E-state index in [9.17, 15) is 13.6 Å². The predicted octanol–water partition coefficient (Wildman–Crippen LogP) is 5.20. The van der Waals surface area contributed by atoms with E-state index in [2.05, 4.69) is 15.3 Å². The SMILES string of the molecule is Cc1[nH]n(-c2ccccc2)c(=O)c1N=Nc1ccc(SC(F)F)cc1. The predicted molar refractivity (Wildman–Crippen MR) is 93.6 cm³/mol. The van der Waals surface area contributed by atoms with Gasteiger partial charge in [0.15, 0.2) is 5.69 Å². The monoisotopic (exact) mass is 360 g/mol. The van der Waals surface area contributed by atoms with E-state index in [0.29, 0.717) is 33.7 Å². The van der Waals surface area contributed by atoms with Crippen molar-refractivity contribution in [3.05, 3.63) is 70.6 Å². The summed E-state index contributed by atoms with van der Waals surface area (Å²) in [5, 5.41) is 11.0. The van der Waals surface area contributed by atoms with Crippen molar-refractivity contribution in [3.8, 4) is 5.69 Å². The third kappa shape index (κ3) is 4.03. The summed E-state index contributed by atoms with van der Waals surface area (Å²) >= 11 is 0.464. The van der Waals surface area contributed by atoms with Gasteiger partial charge < -0.3 is 0 Å². The molecule has 0 bridgehead atoms. The molecule has 1 N–H and O–H groups in total. The average Bonchev–Trinajstić information content (AvgIpc) is 2.89. The number of azo groups is 1. The number of aryl methyl sites for hydroxylation is 1. The maximum atomic E-state index is 12.5. The summed E-state index contributed by atoms with van der Waals surface area (Å²) < 4.78 is 26.0. The molecule has 0 atom stereocenters. The smallest absolute Gasteiger partial charge is 0.293 e. The molecule has 0 aliphatic heterocycles. The zero-order valence-electron chi connectivity index (χ0n) is 13.2. The lowest BCUT2D eigenvalue weighted by atomic mass is 10.3. The van der Waals surface area contributed by atoms with Crippen LogP contribution in [0, 0.1) is 6.92 Å². The Hall–Kier alpha value is -2.74. The van der Waals surface area contributed by atoms with Gasteiger partial charge in [-0.25, -0.2) is 4.68 Å². The highest BCUT2D eigenvalue weighted by molar-refractivity contribution is 7.99. The fourth-order valence-electron chi connectivity index (χ4n) is 2.22. The van der Waals surface area contributed by atoms with Crippen molar-refractivity contribution in [3.63, 3.8) is 0 Å². The van der Waals surface area contributed by atoms with Crippen molar-refractivity contribution in [1.29, 1.82) is 0 Å². The molecule has 25 heavy (non-hydrogen) atoms. The number of thioether (sulfide) groups is 1. The van der Waals surface area contributed by atoms with Crippen LogP contribution in [0.5, 0.6) is 0 Å². The Morgan fingerprint density at radius 3 is 2.36 bits per heavy atom. The van der Waals surface area contributed by atoms with Crippen LogP contribution in [0.3, 0.4) is 0 Å². The molecule has 0 unspecified atom stereocenters. The maximum Gasteiger partial charge on any atom is 0.299 e. The molecule has 0 amide bonds. The summed E-state index contributed by atoms with van der Waals surface area (Å²) in [4.78, 5) is 12.9. The molecule has 0 saturated heterocycles. The zero-order chi connectivity index (χ0) is 17.8. The molecule has 128 valence electrons. The number of hydrogen-bond acceptors (Lipinski definition) is 4. The topological polar surface area (TPSA) is 62.5 Å². The Kier molecular flexibility index (Phi) is 5.08. The molecule has 3 rings (SSSR count). The number of hydrogen-bond donors (Lipinski definition) is 1. The number of para-hydroxylation sites is 1. The molecular weight excluding hydrogens is 346 g/mol. The van der Waals surface area contributed by atoms with Gasteiger partial charge in [-0.15, -0.1) is 5.11 Å². The highest BCUT2D eigenvalue weighted by Crippen LogP contribution is 2.27. The second-order valence-corrected chi connectivity index (χ2v) is 6.20. The Labute approximate surface area is 146 Å². The second-order valence-electron chi connectivity index (χ2n) is 5.13. The van der Waals surface area contributed by atoms with Gasteiger partial charge in [0.25, 0.3) is 11.3 Å². The molecule has 1 aromatic heterocycles. The number of halogens is 2. The molecule has 0 spiro atoms. The molecule has 0 radical (unpaired) electrons. The summed E-state index contributed by atoms with van der Waals surface area (Å²) in [6.45, 7) is 1.73. The molecule has 3 aromatic rings. The minimum Gasteiger partial charge on any atom is -0.293 e. The van der Waals surface area contributed by atoms with E-state index in [0.717, 1.165) is 0 Å². The number of aromatic nitrogens is 2. The lowest BCUT2D eigenvalue weighted by Crippen LogP contribution is -2.13. The molecule has 0 aliphatic carbocycles. The molecule has 0 aliphatic rings. The van der Waals surface area contributed by atoms with Crippen molar-refractivity contribution in [2.24, 2.45) is 10.2 Å². The summed E-state index contributed by atoms with van der Waals surface area (Å²) in [6, 6.07) is 15.4. The molecule has 5 nitrogen and oxygen atoms in total. The standard InChI is InChI=1S/C17H14F2N4OS/c1-11-15(16(24)23(22-11)13-5-3-2-4-6-13)21-20-12-7-9-14(10-8-12)25-17(18)19/h2-10,17,22H,1H3. The van der Waals surface area contributed by atoms with Gasteiger partial charge in [-0.2, -0.15) is 13.9 Å². The van der Waals surface area contributed by atoms with Crippen molar-refractivity contribution in [1.82, 2.24) is 9.78 Å². The minimum atomic E-state index is -2.47. The Balaban J connectivity index is 1.85. The third-order valence-electron chi connectivity index (χ3n) is 3.38. The van der Waals surface area contributed by atoms with Crippen molar-refractivity contribution >= 4 is 23.1 Å². The number of benzene rings is 2. The van der Waals surface area contributed by atoms with Gasteiger partial charge >= 0.3 is 0 Å². The largest absolute Gasteiger partial charge is 0.299 e. The van der Waals surface area contributed by atoms with Crippen LogP contribution in [0.2, 0.25) is 0 Å². The first-order chi connectivity index (χ1) is 12.0.